The van der Waals surface area contributed by atoms with Gasteiger partial charge in [-0.1, -0.05) is 31.5 Å². The van der Waals surface area contributed by atoms with Gasteiger partial charge in [-0.15, -0.1) is 0 Å². The van der Waals surface area contributed by atoms with Gasteiger partial charge in [-0.2, -0.15) is 0 Å². The van der Waals surface area contributed by atoms with Crippen molar-refractivity contribution in [3.05, 3.63) is 34.6 Å². The molecule has 1 saturated heterocycles. The highest BCUT2D eigenvalue weighted by Crippen LogP contribution is 2.37. The van der Waals surface area contributed by atoms with E-state index in [1.54, 1.807) is 12.1 Å². The zero-order valence-electron chi connectivity index (χ0n) is 10.4. The lowest BCUT2D eigenvalue weighted by molar-refractivity contribution is 0.130. The first-order valence-electron chi connectivity index (χ1n) is 6.16. The number of nitrogens with one attached hydrogen (secondary N) is 1. The summed E-state index contributed by atoms with van der Waals surface area (Å²) in [5.74, 6) is 0.454. The van der Waals surface area contributed by atoms with Gasteiger partial charge in [0.2, 0.25) is 0 Å². The third-order valence-electron chi connectivity index (χ3n) is 3.45. The Hall–Kier alpha value is -0.600. The molecule has 0 amide bonds. The van der Waals surface area contributed by atoms with Gasteiger partial charge in [0.05, 0.1) is 0 Å². The smallest absolute Gasteiger partial charge is 0.127 e. The average Bonchev–Trinajstić information content (AvgIpc) is 2.19. The van der Waals surface area contributed by atoms with Gasteiger partial charge in [0, 0.05) is 23.7 Å². The Bertz CT molecular complexity index is 379. The van der Waals surface area contributed by atoms with E-state index in [1.165, 1.54) is 6.07 Å². The molecule has 2 rings (SSSR count). The van der Waals surface area contributed by atoms with Crippen LogP contribution in [-0.4, -0.2) is 13.1 Å². The normalized spacial score (nSPS) is 18.2. The van der Waals surface area contributed by atoms with E-state index in [0.717, 1.165) is 25.9 Å². The molecule has 0 unspecified atom stereocenters. The molecular weight excluding hydrogens is 237 g/mol. The molecular formula is C14H19ClFN. The zero-order valence-corrected chi connectivity index (χ0v) is 11.1. The van der Waals surface area contributed by atoms with Crippen LogP contribution in [0, 0.1) is 17.2 Å². The summed E-state index contributed by atoms with van der Waals surface area (Å²) in [4.78, 5) is 0. The number of halogens is 2. The molecule has 0 bridgehead atoms. The number of hydrogen-bond acceptors (Lipinski definition) is 1. The summed E-state index contributed by atoms with van der Waals surface area (Å²) in [6, 6.07) is 4.93. The molecule has 0 radical (unpaired) electrons. The van der Waals surface area contributed by atoms with Crippen LogP contribution in [-0.2, 0) is 6.42 Å². The van der Waals surface area contributed by atoms with Crippen molar-refractivity contribution in [3.8, 4) is 0 Å². The highest BCUT2D eigenvalue weighted by molar-refractivity contribution is 6.31. The molecule has 94 valence electrons. The van der Waals surface area contributed by atoms with Crippen LogP contribution in [0.1, 0.15) is 25.8 Å². The van der Waals surface area contributed by atoms with Crippen LogP contribution in [0.3, 0.4) is 0 Å². The van der Waals surface area contributed by atoms with Gasteiger partial charge in [-0.3, -0.25) is 0 Å². The van der Waals surface area contributed by atoms with E-state index < -0.39 is 0 Å². The van der Waals surface area contributed by atoms with Gasteiger partial charge in [0.1, 0.15) is 5.82 Å². The Kier molecular flexibility index (Phi) is 3.74. The first-order chi connectivity index (χ1) is 8.02. The van der Waals surface area contributed by atoms with Crippen molar-refractivity contribution in [1.29, 1.82) is 0 Å². The highest BCUT2D eigenvalue weighted by Gasteiger charge is 2.38. The quantitative estimate of drug-likeness (QED) is 0.866. The number of benzene rings is 1. The summed E-state index contributed by atoms with van der Waals surface area (Å²) >= 11 is 6.09. The fourth-order valence-electron chi connectivity index (χ4n) is 2.76. The third kappa shape index (κ3) is 2.80. The molecule has 1 aromatic carbocycles. The average molecular weight is 256 g/mol. The highest BCUT2D eigenvalue weighted by atomic mass is 35.5. The van der Waals surface area contributed by atoms with Gasteiger partial charge < -0.3 is 5.32 Å². The number of hydrogen-bond donors (Lipinski definition) is 1. The Balaban J connectivity index is 2.18. The number of rotatable bonds is 4. The molecule has 1 N–H and O–H groups in total. The Morgan fingerprint density at radius 3 is 2.59 bits per heavy atom. The maximum absolute atomic E-state index is 13.8. The second-order valence-corrected chi connectivity index (χ2v) is 5.99. The van der Waals surface area contributed by atoms with E-state index in [0.29, 0.717) is 16.5 Å². The topological polar surface area (TPSA) is 12.0 Å². The van der Waals surface area contributed by atoms with Crippen LogP contribution in [0.4, 0.5) is 4.39 Å². The molecule has 0 saturated carbocycles. The maximum Gasteiger partial charge on any atom is 0.127 e. The molecule has 1 aromatic rings. The molecule has 0 aromatic heterocycles. The molecule has 3 heteroatoms. The molecule has 1 heterocycles. The Labute approximate surface area is 107 Å². The minimum Gasteiger partial charge on any atom is -0.316 e. The zero-order chi connectivity index (χ0) is 12.5. The fourth-order valence-corrected chi connectivity index (χ4v) is 2.99. The predicted molar refractivity (Wildman–Crippen MR) is 69.9 cm³/mol. The molecule has 1 nitrogen and oxygen atoms in total. The first kappa shape index (κ1) is 12.8. The SMILES string of the molecule is CC(C)CC1(Cc2c(F)cccc2Cl)CNC1. The van der Waals surface area contributed by atoms with Crippen LogP contribution in [0.2, 0.25) is 5.02 Å². The van der Waals surface area contributed by atoms with E-state index in [1.807, 2.05) is 0 Å². The largest absolute Gasteiger partial charge is 0.316 e. The summed E-state index contributed by atoms with van der Waals surface area (Å²) in [6.07, 6.45) is 1.86. The standard InChI is InChI=1S/C14H19ClFN/c1-10(2)6-14(8-17-9-14)7-11-12(15)4-3-5-13(11)16/h3-5,10,17H,6-9H2,1-2H3. The summed E-state index contributed by atoms with van der Waals surface area (Å²) in [7, 11) is 0. The molecule has 0 spiro atoms. The second-order valence-electron chi connectivity index (χ2n) is 5.58. The van der Waals surface area contributed by atoms with Gasteiger partial charge >= 0.3 is 0 Å². The van der Waals surface area contributed by atoms with Crippen molar-refractivity contribution in [2.75, 3.05) is 13.1 Å². The molecule has 1 fully saturated rings. The lowest BCUT2D eigenvalue weighted by Gasteiger charge is -2.44. The van der Waals surface area contributed by atoms with Crippen LogP contribution in [0.5, 0.6) is 0 Å². The van der Waals surface area contributed by atoms with Crippen LogP contribution >= 0.6 is 11.6 Å². The molecule has 1 aliphatic rings. The lowest BCUT2D eigenvalue weighted by atomic mass is 9.71. The van der Waals surface area contributed by atoms with Gasteiger partial charge in [0.25, 0.3) is 0 Å². The minimum atomic E-state index is -0.174. The molecule has 17 heavy (non-hydrogen) atoms. The molecule has 0 aliphatic carbocycles. The molecule has 1 aliphatic heterocycles. The van der Waals surface area contributed by atoms with Crippen molar-refractivity contribution >= 4 is 11.6 Å². The Morgan fingerprint density at radius 2 is 2.12 bits per heavy atom. The summed E-state index contributed by atoms with van der Waals surface area (Å²) in [6.45, 7) is 6.36. The summed E-state index contributed by atoms with van der Waals surface area (Å²) in [5.41, 5.74) is 0.872. The molecule has 0 atom stereocenters. The fraction of sp³-hybridized carbons (Fsp3) is 0.571. The van der Waals surface area contributed by atoms with Crippen molar-refractivity contribution in [1.82, 2.24) is 5.32 Å². The van der Waals surface area contributed by atoms with Crippen LogP contribution in [0.25, 0.3) is 0 Å². The van der Waals surface area contributed by atoms with Crippen LogP contribution in [0.15, 0.2) is 18.2 Å². The maximum atomic E-state index is 13.8. The van der Waals surface area contributed by atoms with E-state index in [2.05, 4.69) is 19.2 Å². The van der Waals surface area contributed by atoms with Crippen molar-refractivity contribution in [2.24, 2.45) is 11.3 Å². The van der Waals surface area contributed by atoms with Gasteiger partial charge in [-0.25, -0.2) is 4.39 Å². The summed E-state index contributed by atoms with van der Waals surface area (Å²) in [5, 5.41) is 3.86. The monoisotopic (exact) mass is 255 g/mol. The van der Waals surface area contributed by atoms with Crippen molar-refractivity contribution < 1.29 is 4.39 Å². The Morgan fingerprint density at radius 1 is 1.41 bits per heavy atom. The summed E-state index contributed by atoms with van der Waals surface area (Å²) < 4.78 is 13.8. The first-order valence-corrected chi connectivity index (χ1v) is 6.54. The van der Waals surface area contributed by atoms with E-state index in [4.69, 9.17) is 11.6 Å². The van der Waals surface area contributed by atoms with E-state index >= 15 is 0 Å². The van der Waals surface area contributed by atoms with E-state index in [-0.39, 0.29) is 11.2 Å². The lowest BCUT2D eigenvalue weighted by Crippen LogP contribution is -2.55. The van der Waals surface area contributed by atoms with E-state index in [9.17, 15) is 4.39 Å². The van der Waals surface area contributed by atoms with Crippen molar-refractivity contribution in [2.45, 2.75) is 26.7 Å². The predicted octanol–water partition coefficient (Wildman–Crippen LogP) is 3.66. The second kappa shape index (κ2) is 4.95. The van der Waals surface area contributed by atoms with Gasteiger partial charge in [-0.05, 0) is 36.3 Å². The van der Waals surface area contributed by atoms with Crippen LogP contribution < -0.4 is 5.32 Å². The minimum absolute atomic E-state index is 0.174. The van der Waals surface area contributed by atoms with Gasteiger partial charge in [0.15, 0.2) is 0 Å². The third-order valence-corrected chi connectivity index (χ3v) is 3.81. The van der Waals surface area contributed by atoms with Crippen molar-refractivity contribution in [3.63, 3.8) is 0 Å².